The van der Waals surface area contributed by atoms with E-state index in [9.17, 15) is 15.2 Å². The van der Waals surface area contributed by atoms with E-state index in [0.717, 1.165) is 67.0 Å². The van der Waals surface area contributed by atoms with Crippen LogP contribution in [0.25, 0.3) is 11.3 Å². The lowest BCUT2D eigenvalue weighted by atomic mass is 9.82. The molecule has 1 aliphatic carbocycles. The van der Waals surface area contributed by atoms with Crippen LogP contribution in [0.15, 0.2) is 30.5 Å². The van der Waals surface area contributed by atoms with Gasteiger partial charge in [-0.25, -0.2) is 14.8 Å². The highest BCUT2D eigenvalue weighted by Gasteiger charge is 2.33. The molecule has 41 heavy (non-hydrogen) atoms. The van der Waals surface area contributed by atoms with Crippen molar-refractivity contribution in [1.29, 1.82) is 5.26 Å². The van der Waals surface area contributed by atoms with Gasteiger partial charge in [-0.2, -0.15) is 5.26 Å². The van der Waals surface area contributed by atoms with Crippen molar-refractivity contribution in [3.8, 4) is 17.3 Å². The van der Waals surface area contributed by atoms with Crippen LogP contribution in [0.5, 0.6) is 0 Å². The third kappa shape index (κ3) is 8.38. The Labute approximate surface area is 243 Å². The molecule has 2 fully saturated rings. The van der Waals surface area contributed by atoms with Crippen molar-refractivity contribution in [2.24, 2.45) is 5.41 Å². The van der Waals surface area contributed by atoms with Crippen LogP contribution >= 0.6 is 0 Å². The molecule has 10 nitrogen and oxygen atoms in total. The van der Waals surface area contributed by atoms with Crippen molar-refractivity contribution in [2.75, 3.05) is 37.0 Å². The molecule has 0 radical (unpaired) electrons. The van der Waals surface area contributed by atoms with Crippen molar-refractivity contribution < 1.29 is 19.4 Å². The number of hydrogen-bond acceptors (Lipinski definition) is 9. The lowest BCUT2D eigenvalue weighted by molar-refractivity contribution is -0.161. The van der Waals surface area contributed by atoms with Crippen LogP contribution in [0.3, 0.4) is 0 Å². The molecule has 222 valence electrons. The van der Waals surface area contributed by atoms with Gasteiger partial charge in [0.1, 0.15) is 11.6 Å². The van der Waals surface area contributed by atoms with Crippen molar-refractivity contribution in [1.82, 2.24) is 15.3 Å². The van der Waals surface area contributed by atoms with Gasteiger partial charge in [0.25, 0.3) is 0 Å². The van der Waals surface area contributed by atoms with E-state index in [1.54, 1.807) is 13.8 Å². The van der Waals surface area contributed by atoms with E-state index in [1.165, 1.54) is 0 Å². The molecule has 2 aromatic heterocycles. The zero-order valence-corrected chi connectivity index (χ0v) is 24.7. The van der Waals surface area contributed by atoms with Gasteiger partial charge in [-0.15, -0.1) is 0 Å². The third-order valence-electron chi connectivity index (χ3n) is 8.23. The number of hydrogen-bond donors (Lipinski definition) is 4. The van der Waals surface area contributed by atoms with E-state index >= 15 is 0 Å². The predicted octanol–water partition coefficient (Wildman–Crippen LogP) is 4.77. The minimum Gasteiger partial charge on any atom is -0.479 e. The van der Waals surface area contributed by atoms with Crippen LogP contribution in [0.1, 0.15) is 64.9 Å². The smallest absolute Gasteiger partial charge is 0.335 e. The summed E-state index contributed by atoms with van der Waals surface area (Å²) in [5, 5.41) is 29.6. The van der Waals surface area contributed by atoms with Gasteiger partial charge in [0, 0.05) is 49.6 Å². The highest BCUT2D eigenvalue weighted by Crippen LogP contribution is 2.31. The first kappa shape index (κ1) is 30.7. The minimum absolute atomic E-state index is 0.0735. The van der Waals surface area contributed by atoms with Crippen LogP contribution in [0, 0.1) is 23.7 Å². The van der Waals surface area contributed by atoms with Crippen LogP contribution in [-0.2, 0) is 14.3 Å². The fraction of sp³-hybridized carbons (Fsp3) is 0.613. The first-order valence-electron chi connectivity index (χ1n) is 14.7. The van der Waals surface area contributed by atoms with E-state index < -0.39 is 17.0 Å². The molecule has 2 aliphatic rings. The molecule has 0 amide bonds. The number of aliphatic carboxylic acids is 1. The summed E-state index contributed by atoms with van der Waals surface area (Å²) in [6.45, 7) is 9.37. The number of nitrogens with one attached hydrogen (secondary N) is 3. The number of ether oxygens (including phenoxy) is 2. The standard InChI is InChI=1S/C31H44N6O4/c1-21-17-33-28(36-24-10-8-23(9-11-24)35-22(2)18-41-30(3,4)29(38)39)16-25(21)26-6-5-7-27(37-26)34-20-31(19-32)12-14-40-15-13-31/h5-7,16-17,22-24,35H,8-15,18,20H2,1-4H3,(H,33,36)(H,34,37)(H,38,39)/t22-,23-,24-/m1/s1. The summed E-state index contributed by atoms with van der Waals surface area (Å²) in [5.74, 6) is 0.639. The van der Waals surface area contributed by atoms with E-state index in [1.807, 2.05) is 38.2 Å². The van der Waals surface area contributed by atoms with Gasteiger partial charge in [-0.1, -0.05) is 6.07 Å². The van der Waals surface area contributed by atoms with Crippen molar-refractivity contribution >= 4 is 17.6 Å². The number of nitrogens with zero attached hydrogens (tertiary/aromatic N) is 3. The number of anilines is 2. The Balaban J connectivity index is 1.30. The van der Waals surface area contributed by atoms with Gasteiger partial charge in [0.2, 0.25) is 0 Å². The molecule has 0 unspecified atom stereocenters. The second-order valence-electron chi connectivity index (χ2n) is 12.0. The fourth-order valence-corrected chi connectivity index (χ4v) is 5.37. The number of carboxylic acids is 1. The lowest BCUT2D eigenvalue weighted by Gasteiger charge is -2.32. The summed E-state index contributed by atoms with van der Waals surface area (Å²) in [4.78, 5) is 20.8. The van der Waals surface area contributed by atoms with Crippen molar-refractivity contribution in [3.63, 3.8) is 0 Å². The highest BCUT2D eigenvalue weighted by molar-refractivity contribution is 5.76. The molecule has 1 saturated heterocycles. The van der Waals surface area contributed by atoms with Crippen LogP contribution in [-0.4, -0.2) is 71.1 Å². The topological polar surface area (TPSA) is 141 Å². The Bertz CT molecular complexity index is 1220. The number of rotatable bonds is 12. The average molecular weight is 565 g/mol. The Morgan fingerprint density at radius 1 is 1.22 bits per heavy atom. The first-order valence-corrected chi connectivity index (χ1v) is 14.7. The summed E-state index contributed by atoms with van der Waals surface area (Å²) in [7, 11) is 0. The number of aryl methyl sites for hydroxylation is 1. The van der Waals surface area contributed by atoms with Gasteiger partial charge < -0.3 is 30.5 Å². The van der Waals surface area contributed by atoms with Crippen LogP contribution < -0.4 is 16.0 Å². The summed E-state index contributed by atoms with van der Waals surface area (Å²) in [6.07, 6.45) is 7.42. The summed E-state index contributed by atoms with van der Waals surface area (Å²) in [5.41, 5.74) is 1.34. The van der Waals surface area contributed by atoms with E-state index in [4.69, 9.17) is 14.5 Å². The molecule has 4 N–H and O–H groups in total. The first-order chi connectivity index (χ1) is 19.6. The summed E-state index contributed by atoms with van der Waals surface area (Å²) >= 11 is 0. The SMILES string of the molecule is Cc1cnc(N[C@H]2CC[C@H](N[C@H](C)COC(C)(C)C(=O)O)CC2)cc1-c1cccc(NCC2(C#N)CCOCC2)n1. The molecule has 1 saturated carbocycles. The molecule has 3 heterocycles. The maximum Gasteiger partial charge on any atom is 0.335 e. The van der Waals surface area contributed by atoms with Gasteiger partial charge in [0.05, 0.1) is 23.8 Å². The van der Waals surface area contributed by atoms with Gasteiger partial charge in [-0.05, 0) is 90.0 Å². The number of nitriles is 1. The maximum absolute atomic E-state index is 11.3. The van der Waals surface area contributed by atoms with Crippen molar-refractivity contribution in [3.05, 3.63) is 36.0 Å². The molecule has 10 heteroatoms. The number of carbonyl (C=O) groups is 1. The van der Waals surface area contributed by atoms with E-state index in [2.05, 4.69) is 33.1 Å². The predicted molar refractivity (Wildman–Crippen MR) is 159 cm³/mol. The van der Waals surface area contributed by atoms with E-state index in [0.29, 0.717) is 38.4 Å². The van der Waals surface area contributed by atoms with Crippen LogP contribution in [0.4, 0.5) is 11.6 Å². The molecule has 1 aliphatic heterocycles. The second kappa shape index (κ2) is 13.6. The number of pyridine rings is 2. The Morgan fingerprint density at radius 3 is 2.61 bits per heavy atom. The molecule has 4 rings (SSSR count). The normalized spacial score (nSPS) is 21.4. The average Bonchev–Trinajstić information content (AvgIpc) is 2.97. The van der Waals surface area contributed by atoms with Gasteiger partial charge in [0.15, 0.2) is 5.60 Å². The molecule has 0 bridgehead atoms. The van der Waals surface area contributed by atoms with E-state index in [-0.39, 0.29) is 6.04 Å². The van der Waals surface area contributed by atoms with Crippen LogP contribution in [0.2, 0.25) is 0 Å². The second-order valence-corrected chi connectivity index (χ2v) is 12.0. The highest BCUT2D eigenvalue weighted by atomic mass is 16.5. The van der Waals surface area contributed by atoms with Gasteiger partial charge >= 0.3 is 5.97 Å². The Hall–Kier alpha value is -3.26. The summed E-state index contributed by atoms with van der Waals surface area (Å²) < 4.78 is 11.1. The molecule has 2 aromatic rings. The Morgan fingerprint density at radius 2 is 1.93 bits per heavy atom. The third-order valence-corrected chi connectivity index (χ3v) is 8.23. The monoisotopic (exact) mass is 564 g/mol. The zero-order valence-electron chi connectivity index (χ0n) is 24.7. The largest absolute Gasteiger partial charge is 0.479 e. The Kier molecular flexibility index (Phi) is 10.2. The maximum atomic E-state index is 11.3. The van der Waals surface area contributed by atoms with Gasteiger partial charge in [-0.3, -0.25) is 0 Å². The zero-order chi connectivity index (χ0) is 29.5. The molecule has 0 aromatic carbocycles. The molecular formula is C31H44N6O4. The molecular weight excluding hydrogens is 520 g/mol. The lowest BCUT2D eigenvalue weighted by Crippen LogP contribution is -2.45. The molecule has 1 atom stereocenters. The fourth-order valence-electron chi connectivity index (χ4n) is 5.37. The quantitative estimate of drug-likeness (QED) is 0.285. The summed E-state index contributed by atoms with van der Waals surface area (Å²) in [6, 6.07) is 11.3. The number of aromatic nitrogens is 2. The molecule has 0 spiro atoms. The minimum atomic E-state index is -1.18. The van der Waals surface area contributed by atoms with Crippen molar-refractivity contribution in [2.45, 2.75) is 89.9 Å². The number of carboxylic acid groups (broad SMARTS) is 1.